The fraction of sp³-hybridized carbons (Fsp3) is 0.293. The van der Waals surface area contributed by atoms with Crippen LogP contribution in [-0.4, -0.2) is 64.9 Å². The molecule has 2 aliphatic heterocycles. The van der Waals surface area contributed by atoms with E-state index in [-0.39, 0.29) is 11.8 Å². The minimum absolute atomic E-state index is 0.0365. The molecule has 5 aromatic rings. The first kappa shape index (κ1) is 31.7. The molecule has 7 rings (SSSR count). The Morgan fingerprint density at radius 3 is 2.17 bits per heavy atom. The van der Waals surface area contributed by atoms with E-state index >= 15 is 0 Å². The zero-order chi connectivity index (χ0) is 32.7. The van der Waals surface area contributed by atoms with E-state index in [2.05, 4.69) is 87.2 Å². The first-order valence-corrected chi connectivity index (χ1v) is 17.1. The molecule has 2 saturated heterocycles. The van der Waals surface area contributed by atoms with Gasteiger partial charge in [0.25, 0.3) is 0 Å². The molecule has 3 heterocycles. The Balaban J connectivity index is 1.16. The topological polar surface area (TPSA) is 77.6 Å². The number of fused-ring (bicyclic) bond motifs is 1. The molecule has 0 bridgehead atoms. The average Bonchev–Trinajstić information content (AvgIpc) is 3.13. The number of piperazine rings is 1. The summed E-state index contributed by atoms with van der Waals surface area (Å²) in [4.78, 5) is 37.0. The molecule has 2 aliphatic rings. The zero-order valence-electron chi connectivity index (χ0n) is 27.3. The molecule has 2 fully saturated rings. The number of hydrogen-bond donors (Lipinski definition) is 2. The van der Waals surface area contributed by atoms with Gasteiger partial charge in [-0.05, 0) is 82.6 Å². The molecule has 7 heteroatoms. The lowest BCUT2D eigenvalue weighted by Crippen LogP contribution is -2.66. The van der Waals surface area contributed by atoms with Crippen LogP contribution in [0.2, 0.25) is 0 Å². The van der Waals surface area contributed by atoms with Gasteiger partial charge in [0.2, 0.25) is 11.8 Å². The quantitative estimate of drug-likeness (QED) is 0.190. The standard InChI is InChI=1S/C41H43N5O2/c47-40-39(29-45(26-31-16-20-42-21-17-31)27-32-18-22-43-23-19-32)46(28-30-10-13-36(14-11-30)34-6-2-1-3-7-34)41(48)38(44-40)25-33-12-15-35-8-4-5-9-37(35)24-33/h1-17,20-21,24,32,38-39,43H,18-19,22-23,25-29H2,(H,44,47)/t38-,39-/m0/s1. The molecule has 2 amide bonds. The Bertz CT molecular complexity index is 1820. The van der Waals surface area contributed by atoms with Gasteiger partial charge in [-0.1, -0.05) is 97.1 Å². The Hall–Kier alpha value is -4.85. The first-order chi connectivity index (χ1) is 23.6. The van der Waals surface area contributed by atoms with Crippen molar-refractivity contribution in [2.75, 3.05) is 26.2 Å². The van der Waals surface area contributed by atoms with Crippen LogP contribution >= 0.6 is 0 Å². The third kappa shape index (κ3) is 7.64. The highest BCUT2D eigenvalue weighted by Crippen LogP contribution is 2.25. The number of carbonyl (C=O) groups excluding carboxylic acids is 2. The van der Waals surface area contributed by atoms with Gasteiger partial charge in [-0.15, -0.1) is 0 Å². The van der Waals surface area contributed by atoms with Crippen LogP contribution in [-0.2, 0) is 29.1 Å². The second-order valence-electron chi connectivity index (χ2n) is 13.2. The maximum absolute atomic E-state index is 14.4. The highest BCUT2D eigenvalue weighted by Gasteiger charge is 2.41. The molecule has 244 valence electrons. The normalized spacial score (nSPS) is 18.7. The van der Waals surface area contributed by atoms with Gasteiger partial charge in [-0.3, -0.25) is 19.5 Å². The smallest absolute Gasteiger partial charge is 0.246 e. The van der Waals surface area contributed by atoms with Crippen LogP contribution in [0.15, 0.2) is 122 Å². The number of rotatable bonds is 11. The number of piperidine rings is 1. The molecular formula is C41H43N5O2. The number of hydrogen-bond acceptors (Lipinski definition) is 5. The molecule has 1 aromatic heterocycles. The Morgan fingerprint density at radius 1 is 0.708 bits per heavy atom. The summed E-state index contributed by atoms with van der Waals surface area (Å²) in [5, 5.41) is 8.91. The molecule has 0 aliphatic carbocycles. The van der Waals surface area contributed by atoms with Gasteiger partial charge in [0.05, 0.1) is 0 Å². The van der Waals surface area contributed by atoms with E-state index in [0.29, 0.717) is 32.0 Å². The van der Waals surface area contributed by atoms with Gasteiger partial charge in [-0.2, -0.15) is 0 Å². The first-order valence-electron chi connectivity index (χ1n) is 17.1. The van der Waals surface area contributed by atoms with E-state index in [4.69, 9.17) is 0 Å². The van der Waals surface area contributed by atoms with E-state index in [1.165, 1.54) is 0 Å². The maximum Gasteiger partial charge on any atom is 0.246 e. The second kappa shape index (κ2) is 14.9. The van der Waals surface area contributed by atoms with Crippen molar-refractivity contribution >= 4 is 22.6 Å². The third-order valence-electron chi connectivity index (χ3n) is 9.81. The number of benzene rings is 4. The summed E-state index contributed by atoms with van der Waals surface area (Å²) < 4.78 is 0. The molecule has 0 saturated carbocycles. The summed E-state index contributed by atoms with van der Waals surface area (Å²) in [7, 11) is 0. The number of carbonyl (C=O) groups is 2. The number of amides is 2. The predicted molar refractivity (Wildman–Crippen MR) is 191 cm³/mol. The van der Waals surface area contributed by atoms with Gasteiger partial charge < -0.3 is 15.5 Å². The van der Waals surface area contributed by atoms with Crippen molar-refractivity contribution in [1.82, 2.24) is 25.4 Å². The van der Waals surface area contributed by atoms with Crippen molar-refractivity contribution in [3.8, 4) is 11.1 Å². The average molecular weight is 638 g/mol. The number of aromatic nitrogens is 1. The van der Waals surface area contributed by atoms with Gasteiger partial charge in [-0.25, -0.2) is 0 Å². The molecule has 2 atom stereocenters. The number of pyridine rings is 1. The van der Waals surface area contributed by atoms with Gasteiger partial charge >= 0.3 is 0 Å². The van der Waals surface area contributed by atoms with Crippen molar-refractivity contribution in [1.29, 1.82) is 0 Å². The molecule has 0 radical (unpaired) electrons. The van der Waals surface area contributed by atoms with Crippen molar-refractivity contribution in [3.05, 3.63) is 138 Å². The Labute approximate surface area is 283 Å². The summed E-state index contributed by atoms with van der Waals surface area (Å²) in [6.07, 6.45) is 6.29. The summed E-state index contributed by atoms with van der Waals surface area (Å²) in [5.41, 5.74) is 5.46. The zero-order valence-corrected chi connectivity index (χ0v) is 27.3. The fourth-order valence-corrected chi connectivity index (χ4v) is 7.19. The molecule has 0 unspecified atom stereocenters. The minimum atomic E-state index is -0.628. The van der Waals surface area contributed by atoms with E-state index in [0.717, 1.165) is 71.1 Å². The molecule has 48 heavy (non-hydrogen) atoms. The second-order valence-corrected chi connectivity index (χ2v) is 13.2. The fourth-order valence-electron chi connectivity index (χ4n) is 7.19. The van der Waals surface area contributed by atoms with Crippen LogP contribution in [0.3, 0.4) is 0 Å². The SMILES string of the molecule is O=C1N[C@@H](Cc2ccc3ccccc3c2)C(=O)N(Cc2ccc(-c3ccccc3)cc2)[C@H]1CN(Cc1ccncc1)CC1CCNCC1. The summed E-state index contributed by atoms with van der Waals surface area (Å²) in [6.45, 7) is 4.44. The van der Waals surface area contributed by atoms with Crippen LogP contribution in [0, 0.1) is 5.92 Å². The summed E-state index contributed by atoms with van der Waals surface area (Å²) in [5.74, 6) is 0.409. The van der Waals surface area contributed by atoms with E-state index < -0.39 is 12.1 Å². The van der Waals surface area contributed by atoms with E-state index in [9.17, 15) is 9.59 Å². The summed E-state index contributed by atoms with van der Waals surface area (Å²) in [6, 6.07) is 36.0. The number of nitrogens with zero attached hydrogens (tertiary/aromatic N) is 3. The minimum Gasteiger partial charge on any atom is -0.342 e. The largest absolute Gasteiger partial charge is 0.342 e. The lowest BCUT2D eigenvalue weighted by atomic mass is 9.95. The van der Waals surface area contributed by atoms with E-state index in [1.54, 1.807) is 0 Å². The monoisotopic (exact) mass is 637 g/mol. The number of nitrogens with one attached hydrogen (secondary N) is 2. The van der Waals surface area contributed by atoms with E-state index in [1.807, 2.05) is 59.8 Å². The molecule has 2 N–H and O–H groups in total. The van der Waals surface area contributed by atoms with Crippen molar-refractivity contribution in [2.45, 2.75) is 44.4 Å². The molecule has 4 aromatic carbocycles. The lowest BCUT2D eigenvalue weighted by Gasteiger charge is -2.42. The molecular weight excluding hydrogens is 594 g/mol. The van der Waals surface area contributed by atoms with Crippen molar-refractivity contribution in [3.63, 3.8) is 0 Å². The summed E-state index contributed by atoms with van der Waals surface area (Å²) >= 11 is 0. The van der Waals surface area contributed by atoms with Crippen LogP contribution in [0.1, 0.15) is 29.5 Å². The highest BCUT2D eigenvalue weighted by atomic mass is 16.2. The Kier molecular flexibility index (Phi) is 9.87. The molecule has 7 nitrogen and oxygen atoms in total. The van der Waals surface area contributed by atoms with Crippen LogP contribution < -0.4 is 10.6 Å². The van der Waals surface area contributed by atoms with Crippen molar-refractivity contribution < 1.29 is 9.59 Å². The van der Waals surface area contributed by atoms with Crippen LogP contribution in [0.5, 0.6) is 0 Å². The van der Waals surface area contributed by atoms with Crippen LogP contribution in [0.4, 0.5) is 0 Å². The van der Waals surface area contributed by atoms with Gasteiger partial charge in [0.15, 0.2) is 0 Å². The lowest BCUT2D eigenvalue weighted by molar-refractivity contribution is -0.151. The van der Waals surface area contributed by atoms with Gasteiger partial charge in [0.1, 0.15) is 12.1 Å². The molecule has 0 spiro atoms. The predicted octanol–water partition coefficient (Wildman–Crippen LogP) is 5.84. The highest BCUT2D eigenvalue weighted by molar-refractivity contribution is 5.97. The Morgan fingerprint density at radius 2 is 1.40 bits per heavy atom. The maximum atomic E-state index is 14.4. The third-order valence-corrected chi connectivity index (χ3v) is 9.81. The van der Waals surface area contributed by atoms with Crippen LogP contribution in [0.25, 0.3) is 21.9 Å². The van der Waals surface area contributed by atoms with Crippen molar-refractivity contribution in [2.24, 2.45) is 5.92 Å². The van der Waals surface area contributed by atoms with Gasteiger partial charge in [0, 0.05) is 45.0 Å².